The van der Waals surface area contributed by atoms with Gasteiger partial charge in [-0.25, -0.2) is 0 Å². The third-order valence-corrected chi connectivity index (χ3v) is 3.87. The SMILES string of the molecule is CN1CCCNC(C)(c2ccc(Br)cc2)C1=O. The fraction of sp³-hybridized carbons (Fsp3) is 0.462. The Balaban J connectivity index is 2.38. The molecule has 0 bridgehead atoms. The number of benzene rings is 1. The number of halogens is 1. The molecule has 17 heavy (non-hydrogen) atoms. The molecule has 1 atom stereocenters. The number of carbonyl (C=O) groups is 1. The summed E-state index contributed by atoms with van der Waals surface area (Å²) >= 11 is 3.41. The summed E-state index contributed by atoms with van der Waals surface area (Å²) < 4.78 is 1.03. The highest BCUT2D eigenvalue weighted by Gasteiger charge is 2.38. The molecule has 1 amide bonds. The second kappa shape index (κ2) is 4.78. The molecule has 0 radical (unpaired) electrons. The van der Waals surface area contributed by atoms with Gasteiger partial charge in [-0.3, -0.25) is 10.1 Å². The van der Waals surface area contributed by atoms with Gasteiger partial charge >= 0.3 is 0 Å². The van der Waals surface area contributed by atoms with Crippen molar-refractivity contribution in [3.63, 3.8) is 0 Å². The topological polar surface area (TPSA) is 32.3 Å². The van der Waals surface area contributed by atoms with Gasteiger partial charge in [0.15, 0.2) is 0 Å². The summed E-state index contributed by atoms with van der Waals surface area (Å²) in [5.41, 5.74) is 0.408. The highest BCUT2D eigenvalue weighted by atomic mass is 79.9. The van der Waals surface area contributed by atoms with Crippen LogP contribution < -0.4 is 5.32 Å². The van der Waals surface area contributed by atoms with E-state index < -0.39 is 5.54 Å². The molecule has 92 valence electrons. The van der Waals surface area contributed by atoms with Crippen molar-refractivity contribution in [2.45, 2.75) is 18.9 Å². The number of carbonyl (C=O) groups excluding carboxylic acids is 1. The van der Waals surface area contributed by atoms with Crippen LogP contribution in [-0.4, -0.2) is 30.9 Å². The van der Waals surface area contributed by atoms with Gasteiger partial charge in [0.25, 0.3) is 0 Å². The van der Waals surface area contributed by atoms with Gasteiger partial charge in [0, 0.05) is 18.1 Å². The Labute approximate surface area is 110 Å². The quantitative estimate of drug-likeness (QED) is 0.861. The van der Waals surface area contributed by atoms with Crippen LogP contribution in [0.25, 0.3) is 0 Å². The first-order valence-corrected chi connectivity index (χ1v) is 6.60. The summed E-state index contributed by atoms with van der Waals surface area (Å²) in [6.07, 6.45) is 0.994. The average molecular weight is 297 g/mol. The van der Waals surface area contributed by atoms with E-state index in [0.29, 0.717) is 0 Å². The lowest BCUT2D eigenvalue weighted by Crippen LogP contribution is -2.50. The Bertz CT molecular complexity index is 418. The smallest absolute Gasteiger partial charge is 0.246 e. The van der Waals surface area contributed by atoms with E-state index in [-0.39, 0.29) is 5.91 Å². The Kier molecular flexibility index (Phi) is 3.54. The summed E-state index contributed by atoms with van der Waals surface area (Å²) in [5.74, 6) is 0.136. The van der Waals surface area contributed by atoms with Crippen molar-refractivity contribution in [2.75, 3.05) is 20.1 Å². The minimum Gasteiger partial charge on any atom is -0.344 e. The Morgan fingerprint density at radius 3 is 2.65 bits per heavy atom. The summed E-state index contributed by atoms with van der Waals surface area (Å²) in [6.45, 7) is 3.64. The van der Waals surface area contributed by atoms with Crippen LogP contribution in [-0.2, 0) is 10.3 Å². The number of likely N-dealkylation sites (N-methyl/N-ethyl adjacent to an activating group) is 1. The van der Waals surface area contributed by atoms with E-state index in [1.807, 2.05) is 43.1 Å². The first kappa shape index (κ1) is 12.6. The van der Waals surface area contributed by atoms with E-state index in [4.69, 9.17) is 0 Å². The van der Waals surface area contributed by atoms with E-state index in [1.54, 1.807) is 0 Å². The van der Waals surface area contributed by atoms with Gasteiger partial charge in [-0.05, 0) is 37.6 Å². The monoisotopic (exact) mass is 296 g/mol. The lowest BCUT2D eigenvalue weighted by Gasteiger charge is -2.31. The molecule has 1 N–H and O–H groups in total. The van der Waals surface area contributed by atoms with Crippen LogP contribution in [0.2, 0.25) is 0 Å². The van der Waals surface area contributed by atoms with Crippen molar-refractivity contribution in [1.29, 1.82) is 0 Å². The second-order valence-corrected chi connectivity index (χ2v) is 5.55. The molecule has 1 unspecified atom stereocenters. The molecule has 3 nitrogen and oxygen atoms in total. The van der Waals surface area contributed by atoms with Gasteiger partial charge in [0.05, 0.1) is 0 Å². The molecule has 2 rings (SSSR count). The number of nitrogens with one attached hydrogen (secondary N) is 1. The van der Waals surface area contributed by atoms with Crippen LogP contribution >= 0.6 is 15.9 Å². The maximum Gasteiger partial charge on any atom is 0.246 e. The Morgan fingerprint density at radius 1 is 1.35 bits per heavy atom. The van der Waals surface area contributed by atoms with Crippen molar-refractivity contribution in [2.24, 2.45) is 0 Å². The Morgan fingerprint density at radius 2 is 2.00 bits per heavy atom. The van der Waals surface area contributed by atoms with E-state index in [2.05, 4.69) is 21.2 Å². The molecule has 1 aliphatic heterocycles. The number of amides is 1. The van der Waals surface area contributed by atoms with Crippen molar-refractivity contribution in [3.05, 3.63) is 34.3 Å². The molecule has 1 saturated heterocycles. The van der Waals surface area contributed by atoms with Crippen molar-refractivity contribution < 1.29 is 4.79 Å². The third-order valence-electron chi connectivity index (χ3n) is 3.34. The fourth-order valence-corrected chi connectivity index (χ4v) is 2.49. The van der Waals surface area contributed by atoms with Crippen molar-refractivity contribution in [3.8, 4) is 0 Å². The van der Waals surface area contributed by atoms with E-state index in [9.17, 15) is 4.79 Å². The van der Waals surface area contributed by atoms with Gasteiger partial charge in [0.2, 0.25) is 5.91 Å². The van der Waals surface area contributed by atoms with Gasteiger partial charge in [-0.15, -0.1) is 0 Å². The van der Waals surface area contributed by atoms with Crippen LogP contribution in [0.5, 0.6) is 0 Å². The summed E-state index contributed by atoms with van der Waals surface area (Å²) in [7, 11) is 1.87. The Hall–Kier alpha value is -0.870. The molecule has 0 saturated carbocycles. The molecule has 0 spiro atoms. The van der Waals surface area contributed by atoms with Crippen LogP contribution in [0.3, 0.4) is 0 Å². The average Bonchev–Trinajstić information content (AvgIpc) is 2.45. The molecular weight excluding hydrogens is 280 g/mol. The lowest BCUT2D eigenvalue weighted by atomic mass is 9.91. The molecule has 0 aliphatic carbocycles. The highest BCUT2D eigenvalue weighted by molar-refractivity contribution is 9.10. The van der Waals surface area contributed by atoms with Gasteiger partial charge in [0.1, 0.15) is 5.54 Å². The summed E-state index contributed by atoms with van der Waals surface area (Å²) in [6, 6.07) is 7.93. The molecule has 1 aromatic rings. The number of rotatable bonds is 1. The molecule has 1 aromatic carbocycles. The molecular formula is C13H17BrN2O. The van der Waals surface area contributed by atoms with Crippen LogP contribution in [0.15, 0.2) is 28.7 Å². The standard InChI is InChI=1S/C13H17BrN2O/c1-13(10-4-6-11(14)7-5-10)12(17)16(2)9-3-8-15-13/h4-7,15H,3,8-9H2,1-2H3. The first-order chi connectivity index (χ1) is 8.04. The largest absolute Gasteiger partial charge is 0.344 e. The molecule has 0 aromatic heterocycles. The number of hydrogen-bond acceptors (Lipinski definition) is 2. The normalized spacial score (nSPS) is 25.8. The first-order valence-electron chi connectivity index (χ1n) is 5.81. The highest BCUT2D eigenvalue weighted by Crippen LogP contribution is 2.26. The van der Waals surface area contributed by atoms with Crippen LogP contribution in [0.1, 0.15) is 18.9 Å². The third kappa shape index (κ3) is 2.38. The molecule has 1 heterocycles. The van der Waals surface area contributed by atoms with Crippen molar-refractivity contribution in [1.82, 2.24) is 10.2 Å². The zero-order valence-electron chi connectivity index (χ0n) is 10.2. The maximum absolute atomic E-state index is 12.4. The van der Waals surface area contributed by atoms with E-state index in [1.165, 1.54) is 0 Å². The van der Waals surface area contributed by atoms with Crippen molar-refractivity contribution >= 4 is 21.8 Å². The molecule has 4 heteroatoms. The molecule has 1 aliphatic rings. The van der Waals surface area contributed by atoms with Gasteiger partial charge in [-0.1, -0.05) is 28.1 Å². The van der Waals surface area contributed by atoms with E-state index in [0.717, 1.165) is 29.5 Å². The zero-order valence-corrected chi connectivity index (χ0v) is 11.8. The lowest BCUT2D eigenvalue weighted by molar-refractivity contribution is -0.135. The summed E-state index contributed by atoms with van der Waals surface area (Å²) in [5, 5.41) is 3.37. The zero-order chi connectivity index (χ0) is 12.5. The minimum atomic E-state index is -0.605. The van der Waals surface area contributed by atoms with E-state index >= 15 is 0 Å². The maximum atomic E-state index is 12.4. The molecule has 1 fully saturated rings. The van der Waals surface area contributed by atoms with Crippen LogP contribution in [0, 0.1) is 0 Å². The van der Waals surface area contributed by atoms with Gasteiger partial charge < -0.3 is 4.90 Å². The second-order valence-electron chi connectivity index (χ2n) is 4.64. The summed E-state index contributed by atoms with van der Waals surface area (Å²) in [4.78, 5) is 14.2. The van der Waals surface area contributed by atoms with Gasteiger partial charge in [-0.2, -0.15) is 0 Å². The number of nitrogens with zero attached hydrogens (tertiary/aromatic N) is 1. The predicted molar refractivity (Wildman–Crippen MR) is 71.8 cm³/mol. The number of hydrogen-bond donors (Lipinski definition) is 1. The predicted octanol–water partition coefficient (Wildman–Crippen LogP) is 2.12. The minimum absolute atomic E-state index is 0.136. The van der Waals surface area contributed by atoms with Crippen LogP contribution in [0.4, 0.5) is 0 Å². The fourth-order valence-electron chi connectivity index (χ4n) is 2.22.